The Bertz CT molecular complexity index is 308. The number of nitrogens with one attached hydrogen (secondary N) is 1. The largest absolute Gasteiger partial charge is 0.351 e. The Balaban J connectivity index is 2.70. The van der Waals surface area contributed by atoms with Gasteiger partial charge in [0.15, 0.2) is 0 Å². The van der Waals surface area contributed by atoms with Crippen LogP contribution in [0.5, 0.6) is 0 Å². The molecule has 0 aromatic carbocycles. The standard InChI is InChI=1S/C8H13N3OS/c1-6-7(5-11(2)10-6)8(12)9-3-4-13/h5,13H,3-4H2,1-2H3,(H,9,12). The normalized spacial score (nSPS) is 10.1. The van der Waals surface area contributed by atoms with Gasteiger partial charge in [-0.3, -0.25) is 9.48 Å². The second-order valence-corrected chi connectivity index (χ2v) is 3.23. The monoisotopic (exact) mass is 199 g/mol. The summed E-state index contributed by atoms with van der Waals surface area (Å²) in [5.41, 5.74) is 1.38. The van der Waals surface area contributed by atoms with Crippen molar-refractivity contribution in [2.24, 2.45) is 7.05 Å². The zero-order chi connectivity index (χ0) is 9.84. The first kappa shape index (κ1) is 10.1. The molecular weight excluding hydrogens is 186 g/mol. The van der Waals surface area contributed by atoms with Gasteiger partial charge in [0.2, 0.25) is 0 Å². The molecule has 0 bridgehead atoms. The number of carbonyl (C=O) groups is 1. The van der Waals surface area contributed by atoms with E-state index in [-0.39, 0.29) is 5.91 Å². The summed E-state index contributed by atoms with van der Waals surface area (Å²) in [6.45, 7) is 2.39. The van der Waals surface area contributed by atoms with Crippen molar-refractivity contribution in [2.45, 2.75) is 6.92 Å². The fourth-order valence-corrected chi connectivity index (χ4v) is 1.20. The summed E-state index contributed by atoms with van der Waals surface area (Å²) in [5.74, 6) is 0.560. The van der Waals surface area contributed by atoms with Crippen molar-refractivity contribution in [2.75, 3.05) is 12.3 Å². The van der Waals surface area contributed by atoms with E-state index in [0.29, 0.717) is 17.9 Å². The van der Waals surface area contributed by atoms with Gasteiger partial charge in [-0.15, -0.1) is 0 Å². The predicted octanol–water partition coefficient (Wildman–Crippen LogP) is 0.388. The zero-order valence-corrected chi connectivity index (χ0v) is 8.64. The van der Waals surface area contributed by atoms with Crippen LogP contribution >= 0.6 is 12.6 Å². The highest BCUT2D eigenvalue weighted by molar-refractivity contribution is 7.80. The van der Waals surface area contributed by atoms with Gasteiger partial charge in [0, 0.05) is 25.5 Å². The maximum absolute atomic E-state index is 11.4. The second kappa shape index (κ2) is 4.32. The SMILES string of the molecule is Cc1nn(C)cc1C(=O)NCCS. The topological polar surface area (TPSA) is 46.9 Å². The van der Waals surface area contributed by atoms with Crippen LogP contribution in [0.2, 0.25) is 0 Å². The third-order valence-electron chi connectivity index (χ3n) is 1.66. The first-order valence-electron chi connectivity index (χ1n) is 4.04. The number of carbonyl (C=O) groups excluding carboxylic acids is 1. The maximum atomic E-state index is 11.4. The van der Waals surface area contributed by atoms with Crippen molar-refractivity contribution in [1.29, 1.82) is 0 Å². The van der Waals surface area contributed by atoms with Crippen LogP contribution < -0.4 is 5.32 Å². The van der Waals surface area contributed by atoms with Crippen LogP contribution in [-0.4, -0.2) is 28.0 Å². The molecule has 4 nitrogen and oxygen atoms in total. The number of nitrogens with zero attached hydrogens (tertiary/aromatic N) is 2. The number of rotatable bonds is 3. The lowest BCUT2D eigenvalue weighted by atomic mass is 10.2. The molecule has 0 spiro atoms. The van der Waals surface area contributed by atoms with Crippen molar-refractivity contribution in [3.05, 3.63) is 17.5 Å². The molecule has 72 valence electrons. The third-order valence-corrected chi connectivity index (χ3v) is 1.88. The molecule has 5 heteroatoms. The van der Waals surface area contributed by atoms with E-state index in [2.05, 4.69) is 23.0 Å². The Labute approximate surface area is 82.7 Å². The third kappa shape index (κ3) is 2.48. The number of hydrogen-bond donors (Lipinski definition) is 2. The molecule has 0 radical (unpaired) electrons. The van der Waals surface area contributed by atoms with Gasteiger partial charge in [0.1, 0.15) is 0 Å². The smallest absolute Gasteiger partial charge is 0.254 e. The molecule has 0 fully saturated rings. The van der Waals surface area contributed by atoms with Crippen molar-refractivity contribution < 1.29 is 4.79 Å². The molecule has 1 N–H and O–H groups in total. The Morgan fingerprint density at radius 2 is 2.46 bits per heavy atom. The Kier molecular flexibility index (Phi) is 3.36. The highest BCUT2D eigenvalue weighted by Gasteiger charge is 2.10. The van der Waals surface area contributed by atoms with Crippen molar-refractivity contribution in [3.8, 4) is 0 Å². The molecule has 0 aliphatic carbocycles. The lowest BCUT2D eigenvalue weighted by Crippen LogP contribution is -2.25. The molecule has 0 unspecified atom stereocenters. The number of thiol groups is 1. The van der Waals surface area contributed by atoms with Crippen molar-refractivity contribution in [1.82, 2.24) is 15.1 Å². The number of hydrogen-bond acceptors (Lipinski definition) is 3. The minimum absolute atomic E-state index is 0.0837. The molecule has 1 heterocycles. The van der Waals surface area contributed by atoms with Gasteiger partial charge in [-0.25, -0.2) is 0 Å². The summed E-state index contributed by atoms with van der Waals surface area (Å²) in [7, 11) is 1.79. The summed E-state index contributed by atoms with van der Waals surface area (Å²) >= 11 is 4.00. The molecule has 0 aliphatic rings. The van der Waals surface area contributed by atoms with Crippen LogP contribution in [0.25, 0.3) is 0 Å². The second-order valence-electron chi connectivity index (χ2n) is 2.78. The van der Waals surface area contributed by atoms with E-state index >= 15 is 0 Å². The molecule has 0 aliphatic heterocycles. The molecule has 13 heavy (non-hydrogen) atoms. The van der Waals surface area contributed by atoms with Gasteiger partial charge in [-0.05, 0) is 6.92 Å². The van der Waals surface area contributed by atoms with Gasteiger partial charge in [0.25, 0.3) is 5.91 Å². The van der Waals surface area contributed by atoms with Crippen molar-refractivity contribution in [3.63, 3.8) is 0 Å². The summed E-state index contributed by atoms with van der Waals surface area (Å²) < 4.78 is 1.63. The Morgan fingerprint density at radius 1 is 1.77 bits per heavy atom. The zero-order valence-electron chi connectivity index (χ0n) is 7.74. The fourth-order valence-electron chi connectivity index (χ4n) is 1.09. The van der Waals surface area contributed by atoms with Crippen LogP contribution in [0.15, 0.2) is 6.20 Å². The summed E-state index contributed by atoms with van der Waals surface area (Å²) in [6.07, 6.45) is 1.71. The lowest BCUT2D eigenvalue weighted by molar-refractivity contribution is 0.0955. The van der Waals surface area contributed by atoms with Crippen LogP contribution in [0.4, 0.5) is 0 Å². The average Bonchev–Trinajstić information content (AvgIpc) is 2.41. The van der Waals surface area contributed by atoms with E-state index in [1.54, 1.807) is 17.9 Å². The van der Waals surface area contributed by atoms with E-state index < -0.39 is 0 Å². The molecule has 1 amide bonds. The first-order chi connectivity index (χ1) is 6.15. The first-order valence-corrected chi connectivity index (χ1v) is 4.67. The van der Waals surface area contributed by atoms with Crippen LogP contribution in [-0.2, 0) is 7.05 Å². The Morgan fingerprint density at radius 3 is 2.92 bits per heavy atom. The van der Waals surface area contributed by atoms with E-state index in [1.165, 1.54) is 0 Å². The summed E-state index contributed by atoms with van der Waals surface area (Å²) in [6, 6.07) is 0. The highest BCUT2D eigenvalue weighted by atomic mass is 32.1. The average molecular weight is 199 g/mol. The number of aromatic nitrogens is 2. The molecule has 0 saturated heterocycles. The van der Waals surface area contributed by atoms with Crippen molar-refractivity contribution >= 4 is 18.5 Å². The van der Waals surface area contributed by atoms with E-state index in [4.69, 9.17) is 0 Å². The number of amides is 1. The quantitative estimate of drug-likeness (QED) is 0.692. The van der Waals surface area contributed by atoms with E-state index in [9.17, 15) is 4.79 Å². The van der Waals surface area contributed by atoms with Crippen LogP contribution in [0.3, 0.4) is 0 Å². The van der Waals surface area contributed by atoms with Gasteiger partial charge in [0.05, 0.1) is 11.3 Å². The fraction of sp³-hybridized carbons (Fsp3) is 0.500. The minimum atomic E-state index is -0.0837. The number of aryl methyl sites for hydroxylation is 2. The van der Waals surface area contributed by atoms with E-state index in [1.807, 2.05) is 6.92 Å². The van der Waals surface area contributed by atoms with Crippen LogP contribution in [0, 0.1) is 6.92 Å². The van der Waals surface area contributed by atoms with Crippen LogP contribution in [0.1, 0.15) is 16.1 Å². The van der Waals surface area contributed by atoms with Gasteiger partial charge in [-0.1, -0.05) is 0 Å². The molecule has 0 saturated carbocycles. The summed E-state index contributed by atoms with van der Waals surface area (Å²) in [5, 5.41) is 6.81. The van der Waals surface area contributed by atoms with Gasteiger partial charge in [-0.2, -0.15) is 17.7 Å². The summed E-state index contributed by atoms with van der Waals surface area (Å²) in [4.78, 5) is 11.4. The molecule has 1 rings (SSSR count). The van der Waals surface area contributed by atoms with Gasteiger partial charge >= 0.3 is 0 Å². The van der Waals surface area contributed by atoms with E-state index in [0.717, 1.165) is 5.69 Å². The molecule has 1 aromatic rings. The lowest BCUT2D eigenvalue weighted by Gasteiger charge is -2.00. The highest BCUT2D eigenvalue weighted by Crippen LogP contribution is 2.03. The predicted molar refractivity (Wildman–Crippen MR) is 54.1 cm³/mol. The molecule has 0 atom stereocenters. The minimum Gasteiger partial charge on any atom is -0.351 e. The molecule has 1 aromatic heterocycles. The van der Waals surface area contributed by atoms with Gasteiger partial charge < -0.3 is 5.32 Å². The Hall–Kier alpha value is -0.970. The molecular formula is C8H13N3OS. The maximum Gasteiger partial charge on any atom is 0.254 e.